The van der Waals surface area contributed by atoms with Gasteiger partial charge in [0.05, 0.1) is 5.69 Å². The average Bonchev–Trinajstić information content (AvgIpc) is 1.91. The summed E-state index contributed by atoms with van der Waals surface area (Å²) in [6, 6.07) is 6.95. The van der Waals surface area contributed by atoms with E-state index in [0.29, 0.717) is 10.7 Å². The highest BCUT2D eigenvalue weighted by Gasteiger charge is 1.92. The first-order valence-corrected chi connectivity index (χ1v) is 6.11. The molecule has 0 saturated heterocycles. The number of halogens is 1. The topological polar surface area (TPSA) is 29.4 Å². The summed E-state index contributed by atoms with van der Waals surface area (Å²) in [5, 5.41) is 0.660. The van der Waals surface area contributed by atoms with Gasteiger partial charge in [0.1, 0.15) is 0 Å². The van der Waals surface area contributed by atoms with Crippen LogP contribution < -0.4 is 0 Å². The van der Waals surface area contributed by atoms with Gasteiger partial charge in [0.2, 0.25) is 0 Å². The molecule has 0 bridgehead atoms. The quantitative estimate of drug-likeness (QED) is 0.690. The first-order chi connectivity index (χ1) is 5.47. The highest BCUT2D eigenvalue weighted by Crippen LogP contribution is 2.17. The minimum atomic E-state index is -2.06. The van der Waals surface area contributed by atoms with Gasteiger partial charge in [-0.1, -0.05) is 11.6 Å². The molecular formula is C8H10ClNOS. The fourth-order valence-corrected chi connectivity index (χ4v) is 1.51. The molecule has 0 fully saturated rings. The normalized spacial score (nSPS) is 11.2. The molecule has 0 saturated carbocycles. The zero-order valence-electron chi connectivity index (χ0n) is 6.95. The van der Waals surface area contributed by atoms with E-state index < -0.39 is 9.73 Å². The molecule has 12 heavy (non-hydrogen) atoms. The number of rotatable bonds is 1. The van der Waals surface area contributed by atoms with Crippen LogP contribution in [0.4, 0.5) is 5.69 Å². The first-order valence-electron chi connectivity index (χ1n) is 3.40. The Bertz CT molecular complexity index is 369. The lowest BCUT2D eigenvalue weighted by Crippen LogP contribution is -1.88. The molecule has 0 aliphatic heterocycles. The van der Waals surface area contributed by atoms with Crippen molar-refractivity contribution in [3.8, 4) is 0 Å². The van der Waals surface area contributed by atoms with Crippen molar-refractivity contribution in [2.45, 2.75) is 0 Å². The minimum Gasteiger partial charge on any atom is -0.250 e. The van der Waals surface area contributed by atoms with Gasteiger partial charge in [-0.2, -0.15) is 4.36 Å². The molecule has 0 unspecified atom stereocenters. The Morgan fingerprint density at radius 2 is 1.75 bits per heavy atom. The third-order valence-electron chi connectivity index (χ3n) is 1.15. The van der Waals surface area contributed by atoms with Gasteiger partial charge in [-0.05, 0) is 24.3 Å². The lowest BCUT2D eigenvalue weighted by atomic mass is 10.3. The van der Waals surface area contributed by atoms with Gasteiger partial charge in [0.15, 0.2) is 0 Å². The van der Waals surface area contributed by atoms with Crippen LogP contribution in [0.5, 0.6) is 0 Å². The molecule has 0 radical (unpaired) electrons. The maximum absolute atomic E-state index is 11.2. The summed E-state index contributed by atoms with van der Waals surface area (Å²) in [7, 11) is -2.06. The van der Waals surface area contributed by atoms with Crippen molar-refractivity contribution < 1.29 is 4.21 Å². The molecule has 4 heteroatoms. The van der Waals surface area contributed by atoms with Crippen molar-refractivity contribution in [3.63, 3.8) is 0 Å². The van der Waals surface area contributed by atoms with Crippen LogP contribution >= 0.6 is 11.6 Å². The second-order valence-corrected chi connectivity index (χ2v) is 5.73. The van der Waals surface area contributed by atoms with Crippen LogP contribution in [0.3, 0.4) is 0 Å². The standard InChI is InChI=1S/C8H10ClNOS/c1-12(2,11)10-8-5-3-7(9)4-6-8/h3-6H,1-2H3. The smallest absolute Gasteiger partial charge is 0.0731 e. The van der Waals surface area contributed by atoms with Gasteiger partial charge in [0, 0.05) is 27.3 Å². The van der Waals surface area contributed by atoms with E-state index in [1.54, 1.807) is 36.8 Å². The van der Waals surface area contributed by atoms with Gasteiger partial charge < -0.3 is 0 Å². The van der Waals surface area contributed by atoms with E-state index in [-0.39, 0.29) is 0 Å². The fourth-order valence-electron chi connectivity index (χ4n) is 0.756. The molecule has 0 aromatic heterocycles. The number of hydrogen-bond donors (Lipinski definition) is 0. The molecule has 0 spiro atoms. The Morgan fingerprint density at radius 1 is 1.25 bits per heavy atom. The van der Waals surface area contributed by atoms with Gasteiger partial charge in [0.25, 0.3) is 0 Å². The maximum atomic E-state index is 11.2. The van der Waals surface area contributed by atoms with E-state index in [1.165, 1.54) is 0 Å². The summed E-state index contributed by atoms with van der Waals surface area (Å²) in [5.41, 5.74) is 0.703. The molecule has 1 rings (SSSR count). The van der Waals surface area contributed by atoms with E-state index in [1.807, 2.05) is 0 Å². The summed E-state index contributed by atoms with van der Waals surface area (Å²) >= 11 is 5.67. The molecular weight excluding hydrogens is 194 g/mol. The first kappa shape index (κ1) is 9.55. The second-order valence-electron chi connectivity index (χ2n) is 2.75. The number of hydrogen-bond acceptors (Lipinski definition) is 2. The average molecular weight is 204 g/mol. The molecule has 1 aromatic rings. The maximum Gasteiger partial charge on any atom is 0.0731 e. The summed E-state index contributed by atoms with van der Waals surface area (Å²) in [4.78, 5) is 0. The van der Waals surface area contributed by atoms with Gasteiger partial charge in [-0.25, -0.2) is 4.21 Å². The summed E-state index contributed by atoms with van der Waals surface area (Å²) in [5.74, 6) is 0. The van der Waals surface area contributed by atoms with Crippen LogP contribution in [0.25, 0.3) is 0 Å². The van der Waals surface area contributed by atoms with Crippen LogP contribution in [0.1, 0.15) is 0 Å². The summed E-state index contributed by atoms with van der Waals surface area (Å²) < 4.78 is 15.2. The highest BCUT2D eigenvalue weighted by atomic mass is 35.5. The Hall–Kier alpha value is -0.540. The third kappa shape index (κ3) is 3.24. The fraction of sp³-hybridized carbons (Fsp3) is 0.250. The molecule has 0 heterocycles. The van der Waals surface area contributed by atoms with Gasteiger partial charge in [-0.15, -0.1) is 0 Å². The molecule has 0 aliphatic carbocycles. The molecule has 2 nitrogen and oxygen atoms in total. The zero-order chi connectivity index (χ0) is 9.19. The lowest BCUT2D eigenvalue weighted by molar-refractivity contribution is 0.684. The predicted octanol–water partition coefficient (Wildman–Crippen LogP) is 2.70. The number of benzene rings is 1. The molecule has 66 valence electrons. The van der Waals surface area contributed by atoms with Gasteiger partial charge in [-0.3, -0.25) is 0 Å². The van der Waals surface area contributed by atoms with Crippen LogP contribution in [0.2, 0.25) is 5.02 Å². The Balaban J connectivity index is 3.08. The molecule has 1 aromatic carbocycles. The monoisotopic (exact) mass is 203 g/mol. The van der Waals surface area contributed by atoms with E-state index in [4.69, 9.17) is 11.6 Å². The SMILES string of the molecule is CS(C)(=O)=Nc1ccc(Cl)cc1. The van der Waals surface area contributed by atoms with E-state index in [9.17, 15) is 4.21 Å². The van der Waals surface area contributed by atoms with Crippen molar-refractivity contribution in [1.82, 2.24) is 0 Å². The van der Waals surface area contributed by atoms with Crippen LogP contribution in [-0.4, -0.2) is 16.7 Å². The second kappa shape index (κ2) is 3.46. The highest BCUT2D eigenvalue weighted by molar-refractivity contribution is 7.92. The lowest BCUT2D eigenvalue weighted by Gasteiger charge is -1.95. The largest absolute Gasteiger partial charge is 0.250 e. The minimum absolute atomic E-state index is 0.660. The summed E-state index contributed by atoms with van der Waals surface area (Å²) in [6.45, 7) is 0. The van der Waals surface area contributed by atoms with E-state index in [2.05, 4.69) is 4.36 Å². The number of nitrogens with zero attached hydrogens (tertiary/aromatic N) is 1. The molecule has 0 N–H and O–H groups in total. The Labute approximate surface area is 77.7 Å². The van der Waals surface area contributed by atoms with Crippen molar-refractivity contribution in [3.05, 3.63) is 29.3 Å². The van der Waals surface area contributed by atoms with Crippen LogP contribution in [-0.2, 0) is 9.73 Å². The molecule has 0 aliphatic rings. The van der Waals surface area contributed by atoms with E-state index in [0.717, 1.165) is 0 Å². The molecule has 0 atom stereocenters. The van der Waals surface area contributed by atoms with Crippen molar-refractivity contribution in [1.29, 1.82) is 0 Å². The molecule has 0 amide bonds. The Kier molecular flexibility index (Phi) is 2.75. The van der Waals surface area contributed by atoms with Gasteiger partial charge >= 0.3 is 0 Å². The van der Waals surface area contributed by atoms with Crippen molar-refractivity contribution in [2.75, 3.05) is 12.5 Å². The third-order valence-corrected chi connectivity index (χ3v) is 2.05. The van der Waals surface area contributed by atoms with E-state index >= 15 is 0 Å². The van der Waals surface area contributed by atoms with Crippen LogP contribution in [0, 0.1) is 0 Å². The van der Waals surface area contributed by atoms with Crippen molar-refractivity contribution in [2.24, 2.45) is 4.36 Å². The van der Waals surface area contributed by atoms with Crippen LogP contribution in [0.15, 0.2) is 28.6 Å². The predicted molar refractivity (Wildman–Crippen MR) is 53.5 cm³/mol. The Morgan fingerprint density at radius 3 is 2.17 bits per heavy atom. The van der Waals surface area contributed by atoms with Crippen molar-refractivity contribution >= 4 is 27.0 Å². The summed E-state index contributed by atoms with van der Waals surface area (Å²) in [6.07, 6.45) is 3.20. The zero-order valence-corrected chi connectivity index (χ0v) is 8.52.